The molecule has 1 amide bonds. The lowest BCUT2D eigenvalue weighted by Crippen LogP contribution is -2.20. The van der Waals surface area contributed by atoms with Crippen LogP contribution in [0.2, 0.25) is 5.02 Å². The lowest BCUT2D eigenvalue weighted by atomic mass is 10.3. The van der Waals surface area contributed by atoms with E-state index in [1.54, 1.807) is 37.3 Å². The van der Waals surface area contributed by atoms with Crippen molar-refractivity contribution < 1.29 is 17.9 Å². The summed E-state index contributed by atoms with van der Waals surface area (Å²) in [6.07, 6.45) is 0. The van der Waals surface area contributed by atoms with E-state index in [-0.39, 0.29) is 23.2 Å². The summed E-state index contributed by atoms with van der Waals surface area (Å²) < 4.78 is 29.5. The van der Waals surface area contributed by atoms with Gasteiger partial charge in [-0.05, 0) is 58.4 Å². The first-order valence-corrected chi connectivity index (χ1v) is 9.84. The molecule has 0 saturated heterocycles. The van der Waals surface area contributed by atoms with Crippen molar-refractivity contribution in [1.29, 1.82) is 0 Å². The number of carbonyl (C=O) groups excluding carboxylic acids is 1. The van der Waals surface area contributed by atoms with Gasteiger partial charge in [0.2, 0.25) is 0 Å². The average molecular weight is 433 g/mol. The van der Waals surface area contributed by atoms with Gasteiger partial charge in [-0.1, -0.05) is 18.5 Å². The number of hydrogen-bond donors (Lipinski definition) is 1. The maximum absolute atomic E-state index is 11.9. The number of amides is 1. The molecule has 0 bridgehead atoms. The zero-order chi connectivity index (χ0) is 17.7. The molecular formula is C16H15BrClNO4S. The highest BCUT2D eigenvalue weighted by atomic mass is 79.9. The zero-order valence-electron chi connectivity index (χ0n) is 12.8. The average Bonchev–Trinajstić information content (AvgIpc) is 2.54. The highest BCUT2D eigenvalue weighted by Gasteiger charge is 2.12. The molecule has 0 spiro atoms. The number of nitrogens with one attached hydrogen (secondary N) is 1. The molecule has 0 saturated carbocycles. The second-order valence-corrected chi connectivity index (χ2v) is 8.41. The Morgan fingerprint density at radius 2 is 1.88 bits per heavy atom. The van der Waals surface area contributed by atoms with Gasteiger partial charge in [0.05, 0.1) is 15.1 Å². The van der Waals surface area contributed by atoms with Crippen LogP contribution >= 0.6 is 27.5 Å². The number of sulfone groups is 1. The summed E-state index contributed by atoms with van der Waals surface area (Å²) in [5.41, 5.74) is 0.494. The summed E-state index contributed by atoms with van der Waals surface area (Å²) >= 11 is 9.13. The molecule has 0 atom stereocenters. The SMILES string of the molecule is CCS(=O)(=O)c1ccc(NC(=O)COc2ccc(Cl)cc2Br)cc1. The van der Waals surface area contributed by atoms with Gasteiger partial charge in [-0.15, -0.1) is 0 Å². The van der Waals surface area contributed by atoms with Crippen molar-refractivity contribution in [2.24, 2.45) is 0 Å². The van der Waals surface area contributed by atoms with Gasteiger partial charge >= 0.3 is 0 Å². The fraction of sp³-hybridized carbons (Fsp3) is 0.188. The number of halogens is 2. The van der Waals surface area contributed by atoms with Crippen molar-refractivity contribution >= 4 is 49.0 Å². The van der Waals surface area contributed by atoms with E-state index in [4.69, 9.17) is 16.3 Å². The largest absolute Gasteiger partial charge is 0.483 e. The molecule has 0 heterocycles. The Kier molecular flexibility index (Phi) is 6.26. The first-order valence-electron chi connectivity index (χ1n) is 7.02. The third-order valence-electron chi connectivity index (χ3n) is 3.13. The summed E-state index contributed by atoms with van der Waals surface area (Å²) in [5.74, 6) is 0.171. The molecule has 0 radical (unpaired) electrons. The zero-order valence-corrected chi connectivity index (χ0v) is 15.9. The van der Waals surface area contributed by atoms with Crippen molar-refractivity contribution in [1.82, 2.24) is 0 Å². The Balaban J connectivity index is 1.95. The Morgan fingerprint density at radius 3 is 2.46 bits per heavy atom. The number of carbonyl (C=O) groups is 1. The maximum Gasteiger partial charge on any atom is 0.262 e. The van der Waals surface area contributed by atoms with Crippen molar-refractivity contribution in [3.8, 4) is 5.75 Å². The second kappa shape index (κ2) is 8.00. The molecule has 0 unspecified atom stereocenters. The van der Waals surface area contributed by atoms with E-state index < -0.39 is 9.84 Å². The smallest absolute Gasteiger partial charge is 0.262 e. The van der Waals surface area contributed by atoms with Crippen LogP contribution in [0.15, 0.2) is 51.8 Å². The third kappa shape index (κ3) is 4.96. The van der Waals surface area contributed by atoms with Crippen LogP contribution < -0.4 is 10.1 Å². The van der Waals surface area contributed by atoms with Crippen molar-refractivity contribution in [3.05, 3.63) is 52.0 Å². The molecule has 0 aliphatic carbocycles. The Bertz CT molecular complexity index is 838. The number of anilines is 1. The van der Waals surface area contributed by atoms with Crippen molar-refractivity contribution in [2.75, 3.05) is 17.7 Å². The third-order valence-corrected chi connectivity index (χ3v) is 5.74. The number of benzene rings is 2. The molecule has 0 aromatic heterocycles. The van der Waals surface area contributed by atoms with E-state index in [0.29, 0.717) is 20.9 Å². The summed E-state index contributed by atoms with van der Waals surface area (Å²) in [7, 11) is -3.25. The van der Waals surface area contributed by atoms with Crippen LogP contribution in [0.1, 0.15) is 6.92 Å². The van der Waals surface area contributed by atoms with Gasteiger partial charge in [0.1, 0.15) is 5.75 Å². The molecule has 0 aliphatic heterocycles. The van der Waals surface area contributed by atoms with Gasteiger partial charge in [0.25, 0.3) is 5.91 Å². The van der Waals surface area contributed by atoms with Crippen LogP contribution in [0.3, 0.4) is 0 Å². The highest BCUT2D eigenvalue weighted by Crippen LogP contribution is 2.27. The van der Waals surface area contributed by atoms with Gasteiger partial charge in [-0.25, -0.2) is 8.42 Å². The van der Waals surface area contributed by atoms with E-state index in [2.05, 4.69) is 21.2 Å². The van der Waals surface area contributed by atoms with Gasteiger partial charge in [0, 0.05) is 10.7 Å². The summed E-state index contributed by atoms with van der Waals surface area (Å²) in [6.45, 7) is 1.40. The topological polar surface area (TPSA) is 72.5 Å². The minimum Gasteiger partial charge on any atom is -0.483 e. The fourth-order valence-electron chi connectivity index (χ4n) is 1.84. The fourth-order valence-corrected chi connectivity index (χ4v) is 3.53. The maximum atomic E-state index is 11.9. The molecule has 8 heteroatoms. The molecule has 0 aliphatic rings. The molecule has 2 aromatic rings. The van der Waals surface area contributed by atoms with Gasteiger partial charge < -0.3 is 10.1 Å². The number of hydrogen-bond acceptors (Lipinski definition) is 4. The Morgan fingerprint density at radius 1 is 1.21 bits per heavy atom. The highest BCUT2D eigenvalue weighted by molar-refractivity contribution is 9.10. The lowest BCUT2D eigenvalue weighted by molar-refractivity contribution is -0.118. The van der Waals surface area contributed by atoms with E-state index in [1.807, 2.05) is 0 Å². The second-order valence-electron chi connectivity index (χ2n) is 4.84. The van der Waals surface area contributed by atoms with Crippen molar-refractivity contribution in [2.45, 2.75) is 11.8 Å². The molecule has 128 valence electrons. The predicted octanol–water partition coefficient (Wildman–Crippen LogP) is 3.91. The van der Waals surface area contributed by atoms with Gasteiger partial charge in [-0.3, -0.25) is 4.79 Å². The van der Waals surface area contributed by atoms with E-state index in [9.17, 15) is 13.2 Å². The summed E-state index contributed by atoms with van der Waals surface area (Å²) in [6, 6.07) is 11.0. The van der Waals surface area contributed by atoms with Gasteiger partial charge in [-0.2, -0.15) is 0 Å². The quantitative estimate of drug-likeness (QED) is 0.751. The molecule has 5 nitrogen and oxygen atoms in total. The van der Waals surface area contributed by atoms with Crippen LogP contribution in [-0.2, 0) is 14.6 Å². The normalized spacial score (nSPS) is 11.1. The molecule has 24 heavy (non-hydrogen) atoms. The van der Waals surface area contributed by atoms with Crippen molar-refractivity contribution in [3.63, 3.8) is 0 Å². The minimum absolute atomic E-state index is 0.0303. The number of ether oxygens (including phenoxy) is 1. The summed E-state index contributed by atoms with van der Waals surface area (Å²) in [4.78, 5) is 12.1. The standard InChI is InChI=1S/C16H15BrClNO4S/c1-2-24(21,22)13-6-4-12(5-7-13)19-16(20)10-23-15-8-3-11(18)9-14(15)17/h3-9H,2,10H2,1H3,(H,19,20). The first-order chi connectivity index (χ1) is 11.3. The van der Waals surface area contributed by atoms with E-state index >= 15 is 0 Å². The minimum atomic E-state index is -3.25. The van der Waals surface area contributed by atoms with Crippen LogP contribution in [-0.4, -0.2) is 26.7 Å². The first kappa shape index (κ1) is 18.8. The molecule has 2 rings (SSSR count). The monoisotopic (exact) mass is 431 g/mol. The molecule has 1 N–H and O–H groups in total. The Labute approximate surface area is 154 Å². The molecule has 2 aromatic carbocycles. The van der Waals surface area contributed by atoms with Crippen LogP contribution in [0.4, 0.5) is 5.69 Å². The van der Waals surface area contributed by atoms with Gasteiger partial charge in [0.15, 0.2) is 16.4 Å². The van der Waals surface area contributed by atoms with E-state index in [0.717, 1.165) is 0 Å². The molecular weight excluding hydrogens is 418 g/mol. The molecule has 0 fully saturated rings. The van der Waals surface area contributed by atoms with Crippen LogP contribution in [0.25, 0.3) is 0 Å². The number of rotatable bonds is 6. The van der Waals surface area contributed by atoms with Crippen LogP contribution in [0, 0.1) is 0 Å². The predicted molar refractivity (Wildman–Crippen MR) is 97.4 cm³/mol. The lowest BCUT2D eigenvalue weighted by Gasteiger charge is -2.09. The van der Waals surface area contributed by atoms with Crippen LogP contribution in [0.5, 0.6) is 5.75 Å². The van der Waals surface area contributed by atoms with E-state index in [1.165, 1.54) is 12.1 Å². The summed E-state index contributed by atoms with van der Waals surface area (Å²) in [5, 5.41) is 3.20. The Hall–Kier alpha value is -1.57.